The van der Waals surface area contributed by atoms with E-state index in [0.29, 0.717) is 12.4 Å². The SMILES string of the molecule is Cn1cnc(CNC(=O)CC(N)c2ccccc2)n1. The molecule has 1 aromatic carbocycles. The van der Waals surface area contributed by atoms with Gasteiger partial charge >= 0.3 is 0 Å². The lowest BCUT2D eigenvalue weighted by atomic mass is 10.0. The van der Waals surface area contributed by atoms with Gasteiger partial charge in [-0.3, -0.25) is 9.48 Å². The molecule has 0 aliphatic rings. The van der Waals surface area contributed by atoms with E-state index in [1.807, 2.05) is 30.3 Å². The molecule has 1 amide bonds. The molecule has 2 aromatic rings. The summed E-state index contributed by atoms with van der Waals surface area (Å²) in [5.74, 6) is 0.480. The first-order valence-corrected chi connectivity index (χ1v) is 6.07. The number of hydrogen-bond acceptors (Lipinski definition) is 4. The summed E-state index contributed by atoms with van der Waals surface area (Å²) in [6.07, 6.45) is 1.84. The number of nitrogens with two attached hydrogens (primary N) is 1. The van der Waals surface area contributed by atoms with Crippen LogP contribution < -0.4 is 11.1 Å². The summed E-state index contributed by atoms with van der Waals surface area (Å²) in [5.41, 5.74) is 6.93. The van der Waals surface area contributed by atoms with Crippen molar-refractivity contribution in [1.29, 1.82) is 0 Å². The Bertz CT molecular complexity index is 537. The number of hydrogen-bond donors (Lipinski definition) is 2. The van der Waals surface area contributed by atoms with Gasteiger partial charge in [0.2, 0.25) is 5.91 Å². The first-order chi connectivity index (χ1) is 9.15. The zero-order valence-corrected chi connectivity index (χ0v) is 10.8. The Morgan fingerprint density at radius 2 is 2.16 bits per heavy atom. The van der Waals surface area contributed by atoms with Crippen LogP contribution in [0.1, 0.15) is 23.9 Å². The van der Waals surface area contributed by atoms with Gasteiger partial charge in [0.05, 0.1) is 6.54 Å². The fourth-order valence-corrected chi connectivity index (χ4v) is 1.73. The summed E-state index contributed by atoms with van der Waals surface area (Å²) < 4.78 is 1.59. The molecule has 2 rings (SSSR count). The summed E-state index contributed by atoms with van der Waals surface area (Å²) in [6.45, 7) is 0.321. The average molecular weight is 259 g/mol. The molecule has 0 aliphatic heterocycles. The van der Waals surface area contributed by atoms with Crippen molar-refractivity contribution in [3.63, 3.8) is 0 Å². The second-order valence-corrected chi connectivity index (χ2v) is 4.33. The highest BCUT2D eigenvalue weighted by molar-refractivity contribution is 5.76. The molecule has 1 atom stereocenters. The minimum atomic E-state index is -0.294. The molecule has 0 saturated carbocycles. The van der Waals surface area contributed by atoms with Crippen LogP contribution in [0.2, 0.25) is 0 Å². The Balaban J connectivity index is 1.81. The fourth-order valence-electron chi connectivity index (χ4n) is 1.73. The Morgan fingerprint density at radius 1 is 1.42 bits per heavy atom. The lowest BCUT2D eigenvalue weighted by molar-refractivity contribution is -0.121. The molecule has 0 saturated heterocycles. The van der Waals surface area contributed by atoms with Gasteiger partial charge in [-0.2, -0.15) is 5.10 Å². The maximum Gasteiger partial charge on any atom is 0.222 e. The highest BCUT2D eigenvalue weighted by atomic mass is 16.1. The standard InChI is InChI=1S/C13H17N5O/c1-18-9-16-12(17-18)8-15-13(19)7-11(14)10-5-3-2-4-6-10/h2-6,9,11H,7-8,14H2,1H3,(H,15,19). The van der Waals surface area contributed by atoms with E-state index in [2.05, 4.69) is 15.4 Å². The topological polar surface area (TPSA) is 85.8 Å². The van der Waals surface area contributed by atoms with Crippen LogP contribution in [0.4, 0.5) is 0 Å². The van der Waals surface area contributed by atoms with Crippen LogP contribution in [0.25, 0.3) is 0 Å². The van der Waals surface area contributed by atoms with Crippen molar-refractivity contribution in [3.8, 4) is 0 Å². The summed E-state index contributed by atoms with van der Waals surface area (Å²) in [6, 6.07) is 9.27. The minimum absolute atomic E-state index is 0.108. The maximum atomic E-state index is 11.8. The van der Waals surface area contributed by atoms with E-state index in [4.69, 9.17) is 5.73 Å². The van der Waals surface area contributed by atoms with Crippen molar-refractivity contribution in [2.75, 3.05) is 0 Å². The van der Waals surface area contributed by atoms with E-state index in [1.165, 1.54) is 0 Å². The van der Waals surface area contributed by atoms with Gasteiger partial charge in [0.25, 0.3) is 0 Å². The van der Waals surface area contributed by atoms with Crippen molar-refractivity contribution >= 4 is 5.91 Å². The quantitative estimate of drug-likeness (QED) is 0.819. The Morgan fingerprint density at radius 3 is 2.79 bits per heavy atom. The molecular weight excluding hydrogens is 242 g/mol. The van der Waals surface area contributed by atoms with Crippen LogP contribution in [0.15, 0.2) is 36.7 Å². The van der Waals surface area contributed by atoms with E-state index in [0.717, 1.165) is 5.56 Å². The number of rotatable bonds is 5. The highest BCUT2D eigenvalue weighted by Crippen LogP contribution is 2.12. The molecule has 0 spiro atoms. The number of benzene rings is 1. The molecule has 0 fully saturated rings. The van der Waals surface area contributed by atoms with E-state index in [-0.39, 0.29) is 18.4 Å². The third kappa shape index (κ3) is 3.89. The Kier molecular flexibility index (Phi) is 4.25. The highest BCUT2D eigenvalue weighted by Gasteiger charge is 2.11. The largest absolute Gasteiger partial charge is 0.349 e. The van der Waals surface area contributed by atoms with Crippen LogP contribution >= 0.6 is 0 Å². The lowest BCUT2D eigenvalue weighted by Crippen LogP contribution is -2.27. The monoisotopic (exact) mass is 259 g/mol. The third-order valence-electron chi connectivity index (χ3n) is 2.72. The number of aromatic nitrogens is 3. The van der Waals surface area contributed by atoms with Gasteiger partial charge in [0.15, 0.2) is 5.82 Å². The van der Waals surface area contributed by atoms with Gasteiger partial charge in [-0.25, -0.2) is 4.98 Å². The second kappa shape index (κ2) is 6.10. The summed E-state index contributed by atoms with van der Waals surface area (Å²) in [5, 5.41) is 6.84. The summed E-state index contributed by atoms with van der Waals surface area (Å²) in [4.78, 5) is 15.8. The molecule has 3 N–H and O–H groups in total. The third-order valence-corrected chi connectivity index (χ3v) is 2.72. The number of aryl methyl sites for hydroxylation is 1. The maximum absolute atomic E-state index is 11.8. The van der Waals surface area contributed by atoms with Crippen LogP contribution in [-0.4, -0.2) is 20.7 Å². The van der Waals surface area contributed by atoms with Crippen LogP contribution in [0.3, 0.4) is 0 Å². The van der Waals surface area contributed by atoms with E-state index >= 15 is 0 Å². The zero-order valence-electron chi connectivity index (χ0n) is 10.8. The number of amides is 1. The van der Waals surface area contributed by atoms with Gasteiger partial charge < -0.3 is 11.1 Å². The molecule has 1 heterocycles. The Hall–Kier alpha value is -2.21. The van der Waals surface area contributed by atoms with Gasteiger partial charge in [-0.15, -0.1) is 0 Å². The predicted molar refractivity (Wildman–Crippen MR) is 70.8 cm³/mol. The number of nitrogens with one attached hydrogen (secondary N) is 1. The van der Waals surface area contributed by atoms with Gasteiger partial charge in [-0.05, 0) is 5.56 Å². The van der Waals surface area contributed by atoms with Crippen molar-refractivity contribution in [2.45, 2.75) is 19.0 Å². The molecule has 0 aliphatic carbocycles. The molecule has 0 radical (unpaired) electrons. The molecular formula is C13H17N5O. The summed E-state index contributed by atoms with van der Waals surface area (Å²) >= 11 is 0. The smallest absolute Gasteiger partial charge is 0.222 e. The van der Waals surface area contributed by atoms with Crippen molar-refractivity contribution in [1.82, 2.24) is 20.1 Å². The number of nitrogens with zero attached hydrogens (tertiary/aromatic N) is 3. The first-order valence-electron chi connectivity index (χ1n) is 6.07. The van der Waals surface area contributed by atoms with Crippen LogP contribution in [0, 0.1) is 0 Å². The van der Waals surface area contributed by atoms with Crippen molar-refractivity contribution in [3.05, 3.63) is 48.0 Å². The predicted octanol–water partition coefficient (Wildman–Crippen LogP) is 0.521. The van der Waals surface area contributed by atoms with E-state index in [1.54, 1.807) is 18.1 Å². The van der Waals surface area contributed by atoms with E-state index < -0.39 is 0 Å². The van der Waals surface area contributed by atoms with Crippen LogP contribution in [-0.2, 0) is 18.4 Å². The molecule has 6 nitrogen and oxygen atoms in total. The van der Waals surface area contributed by atoms with Crippen LogP contribution in [0.5, 0.6) is 0 Å². The van der Waals surface area contributed by atoms with Gasteiger partial charge in [0, 0.05) is 19.5 Å². The second-order valence-electron chi connectivity index (χ2n) is 4.33. The number of carbonyl (C=O) groups is 1. The molecule has 1 aromatic heterocycles. The molecule has 1 unspecified atom stereocenters. The molecule has 100 valence electrons. The summed E-state index contributed by atoms with van der Waals surface area (Å²) in [7, 11) is 1.78. The average Bonchev–Trinajstić information content (AvgIpc) is 2.83. The van der Waals surface area contributed by atoms with Gasteiger partial charge in [0.1, 0.15) is 6.33 Å². The lowest BCUT2D eigenvalue weighted by Gasteiger charge is -2.11. The molecule has 19 heavy (non-hydrogen) atoms. The Labute approximate surface area is 111 Å². The first kappa shape index (κ1) is 13.2. The van der Waals surface area contributed by atoms with Gasteiger partial charge in [-0.1, -0.05) is 30.3 Å². The van der Waals surface area contributed by atoms with Crippen molar-refractivity contribution in [2.24, 2.45) is 12.8 Å². The fraction of sp³-hybridized carbons (Fsp3) is 0.308. The number of carbonyl (C=O) groups excluding carboxylic acids is 1. The molecule has 0 bridgehead atoms. The van der Waals surface area contributed by atoms with E-state index in [9.17, 15) is 4.79 Å². The van der Waals surface area contributed by atoms with Crippen molar-refractivity contribution < 1.29 is 4.79 Å². The normalized spacial score (nSPS) is 12.1. The molecule has 6 heteroatoms. The minimum Gasteiger partial charge on any atom is -0.349 e. The zero-order chi connectivity index (χ0) is 13.7.